The first-order chi connectivity index (χ1) is 10.2. The molecule has 2 N–H and O–H groups in total. The third-order valence-electron chi connectivity index (χ3n) is 4.07. The Labute approximate surface area is 127 Å². The summed E-state index contributed by atoms with van der Waals surface area (Å²) in [5.41, 5.74) is 2.06. The fourth-order valence-electron chi connectivity index (χ4n) is 2.87. The van der Waals surface area contributed by atoms with Crippen LogP contribution in [0.1, 0.15) is 51.1 Å². The van der Waals surface area contributed by atoms with Gasteiger partial charge >= 0.3 is 6.03 Å². The second-order valence-corrected chi connectivity index (χ2v) is 5.70. The molecule has 0 aromatic heterocycles. The molecule has 1 unspecified atom stereocenters. The Hall–Kier alpha value is -1.55. The van der Waals surface area contributed by atoms with Gasteiger partial charge in [0.15, 0.2) is 0 Å². The molecule has 0 aliphatic carbocycles. The summed E-state index contributed by atoms with van der Waals surface area (Å²) in [4.78, 5) is 14.4. The van der Waals surface area contributed by atoms with Gasteiger partial charge < -0.3 is 15.5 Å². The van der Waals surface area contributed by atoms with Crippen molar-refractivity contribution >= 4 is 11.7 Å². The van der Waals surface area contributed by atoms with Gasteiger partial charge in [0.2, 0.25) is 0 Å². The molecule has 116 valence electrons. The quantitative estimate of drug-likeness (QED) is 0.886. The SMILES string of the molecule is CCNC(C)c1ccccc1NC(=O)N1CCCCCC1. The maximum absolute atomic E-state index is 12.4. The molecule has 2 amide bonds. The van der Waals surface area contributed by atoms with Gasteiger partial charge in [-0.25, -0.2) is 4.79 Å². The average molecular weight is 289 g/mol. The average Bonchev–Trinajstić information content (AvgIpc) is 2.77. The molecule has 0 spiro atoms. The second-order valence-electron chi connectivity index (χ2n) is 5.70. The Balaban J connectivity index is 2.06. The lowest BCUT2D eigenvalue weighted by atomic mass is 10.1. The van der Waals surface area contributed by atoms with E-state index < -0.39 is 0 Å². The molecule has 1 aliphatic heterocycles. The van der Waals surface area contributed by atoms with Crippen LogP contribution in [0.15, 0.2) is 24.3 Å². The van der Waals surface area contributed by atoms with Crippen molar-refractivity contribution in [2.45, 2.75) is 45.6 Å². The lowest BCUT2D eigenvalue weighted by Crippen LogP contribution is -2.36. The van der Waals surface area contributed by atoms with Gasteiger partial charge in [0.05, 0.1) is 0 Å². The predicted molar refractivity (Wildman–Crippen MR) is 87.6 cm³/mol. The molecular weight excluding hydrogens is 262 g/mol. The molecular formula is C17H27N3O. The zero-order valence-electron chi connectivity index (χ0n) is 13.2. The number of nitrogens with zero attached hydrogens (tertiary/aromatic N) is 1. The Morgan fingerprint density at radius 3 is 2.52 bits per heavy atom. The van der Waals surface area contributed by atoms with Crippen molar-refractivity contribution in [3.63, 3.8) is 0 Å². The molecule has 4 heteroatoms. The third kappa shape index (κ3) is 4.46. The van der Waals surface area contributed by atoms with Crippen LogP contribution in [0.4, 0.5) is 10.5 Å². The zero-order valence-corrected chi connectivity index (χ0v) is 13.2. The van der Waals surface area contributed by atoms with Crippen LogP contribution in [-0.4, -0.2) is 30.6 Å². The molecule has 1 fully saturated rings. The summed E-state index contributed by atoms with van der Waals surface area (Å²) in [6, 6.07) is 8.32. The van der Waals surface area contributed by atoms with Crippen molar-refractivity contribution in [2.24, 2.45) is 0 Å². The van der Waals surface area contributed by atoms with Crippen LogP contribution < -0.4 is 10.6 Å². The van der Waals surface area contributed by atoms with Crippen molar-refractivity contribution in [3.05, 3.63) is 29.8 Å². The summed E-state index contributed by atoms with van der Waals surface area (Å²) in [5.74, 6) is 0. The van der Waals surface area contributed by atoms with E-state index in [1.54, 1.807) is 0 Å². The van der Waals surface area contributed by atoms with Crippen LogP contribution in [0.25, 0.3) is 0 Å². The number of urea groups is 1. The van der Waals surface area contributed by atoms with E-state index in [0.717, 1.165) is 43.7 Å². The number of carbonyl (C=O) groups excluding carboxylic acids is 1. The molecule has 1 heterocycles. The topological polar surface area (TPSA) is 44.4 Å². The van der Waals surface area contributed by atoms with Crippen LogP contribution in [0, 0.1) is 0 Å². The first-order valence-electron chi connectivity index (χ1n) is 8.10. The smallest absolute Gasteiger partial charge is 0.321 e. The highest BCUT2D eigenvalue weighted by atomic mass is 16.2. The molecule has 1 aromatic rings. The monoisotopic (exact) mass is 289 g/mol. The lowest BCUT2D eigenvalue weighted by Gasteiger charge is -2.23. The van der Waals surface area contributed by atoms with E-state index in [4.69, 9.17) is 0 Å². The number of para-hydroxylation sites is 1. The molecule has 0 radical (unpaired) electrons. The summed E-state index contributed by atoms with van der Waals surface area (Å²) >= 11 is 0. The highest BCUT2D eigenvalue weighted by Gasteiger charge is 2.17. The highest BCUT2D eigenvalue weighted by Crippen LogP contribution is 2.23. The van der Waals surface area contributed by atoms with Gasteiger partial charge in [0, 0.05) is 24.8 Å². The molecule has 2 rings (SSSR count). The zero-order chi connectivity index (χ0) is 15.1. The molecule has 1 saturated heterocycles. The van der Waals surface area contributed by atoms with Crippen molar-refractivity contribution in [3.8, 4) is 0 Å². The van der Waals surface area contributed by atoms with Gasteiger partial charge in [-0.2, -0.15) is 0 Å². The molecule has 4 nitrogen and oxygen atoms in total. The van der Waals surface area contributed by atoms with Crippen LogP contribution in [-0.2, 0) is 0 Å². The van der Waals surface area contributed by atoms with Crippen molar-refractivity contribution in [1.82, 2.24) is 10.2 Å². The van der Waals surface area contributed by atoms with Crippen molar-refractivity contribution < 1.29 is 4.79 Å². The van der Waals surface area contributed by atoms with Gasteiger partial charge in [-0.3, -0.25) is 0 Å². The largest absolute Gasteiger partial charge is 0.325 e. The molecule has 0 saturated carbocycles. The van der Waals surface area contributed by atoms with E-state index in [0.29, 0.717) is 0 Å². The van der Waals surface area contributed by atoms with Gasteiger partial charge in [-0.1, -0.05) is 38.0 Å². The summed E-state index contributed by atoms with van der Waals surface area (Å²) in [6.07, 6.45) is 4.70. The number of amides is 2. The fourth-order valence-corrected chi connectivity index (χ4v) is 2.87. The van der Waals surface area contributed by atoms with E-state index in [1.165, 1.54) is 12.8 Å². The minimum atomic E-state index is 0.0352. The Kier molecular flexibility index (Phi) is 6.05. The van der Waals surface area contributed by atoms with Crippen molar-refractivity contribution in [1.29, 1.82) is 0 Å². The summed E-state index contributed by atoms with van der Waals surface area (Å²) in [5, 5.41) is 6.49. The van der Waals surface area contributed by atoms with E-state index in [9.17, 15) is 4.79 Å². The first-order valence-corrected chi connectivity index (χ1v) is 8.10. The Morgan fingerprint density at radius 2 is 1.86 bits per heavy atom. The summed E-state index contributed by atoms with van der Waals surface area (Å²) in [6.45, 7) is 6.87. The number of rotatable bonds is 4. The lowest BCUT2D eigenvalue weighted by molar-refractivity contribution is 0.213. The van der Waals surface area contributed by atoms with Gasteiger partial charge in [0.1, 0.15) is 0 Å². The van der Waals surface area contributed by atoms with Crippen molar-refractivity contribution in [2.75, 3.05) is 25.0 Å². The standard InChI is InChI=1S/C17H27N3O/c1-3-18-14(2)15-10-6-7-11-16(15)19-17(21)20-12-8-4-5-9-13-20/h6-7,10-11,14,18H,3-5,8-9,12-13H2,1-2H3,(H,19,21). The number of hydrogen-bond acceptors (Lipinski definition) is 2. The van der Waals surface area contributed by atoms with Gasteiger partial charge in [-0.15, -0.1) is 0 Å². The van der Waals surface area contributed by atoms with E-state index >= 15 is 0 Å². The van der Waals surface area contributed by atoms with Crippen LogP contribution >= 0.6 is 0 Å². The number of hydrogen-bond donors (Lipinski definition) is 2. The minimum absolute atomic E-state index is 0.0352. The number of nitrogens with one attached hydrogen (secondary N) is 2. The van der Waals surface area contributed by atoms with Crippen LogP contribution in [0.5, 0.6) is 0 Å². The molecule has 0 bridgehead atoms. The van der Waals surface area contributed by atoms with Crippen LogP contribution in [0.3, 0.4) is 0 Å². The molecule has 1 aromatic carbocycles. The first kappa shape index (κ1) is 15.8. The van der Waals surface area contributed by atoms with E-state index in [-0.39, 0.29) is 12.1 Å². The number of carbonyl (C=O) groups is 1. The number of anilines is 1. The maximum Gasteiger partial charge on any atom is 0.321 e. The van der Waals surface area contributed by atoms with Gasteiger partial charge in [-0.05, 0) is 37.9 Å². The Bertz CT molecular complexity index is 453. The second kappa shape index (κ2) is 8.03. The predicted octanol–water partition coefficient (Wildman–Crippen LogP) is 3.77. The highest BCUT2D eigenvalue weighted by molar-refractivity contribution is 5.90. The van der Waals surface area contributed by atoms with Gasteiger partial charge in [0.25, 0.3) is 0 Å². The summed E-state index contributed by atoms with van der Waals surface area (Å²) in [7, 11) is 0. The maximum atomic E-state index is 12.4. The molecule has 1 aliphatic rings. The normalized spacial score (nSPS) is 17.1. The molecule has 1 atom stereocenters. The third-order valence-corrected chi connectivity index (χ3v) is 4.07. The van der Waals surface area contributed by atoms with E-state index in [1.807, 2.05) is 23.1 Å². The number of likely N-dealkylation sites (tertiary alicyclic amines) is 1. The Morgan fingerprint density at radius 1 is 1.19 bits per heavy atom. The number of benzene rings is 1. The molecule has 21 heavy (non-hydrogen) atoms. The summed E-state index contributed by atoms with van der Waals surface area (Å²) < 4.78 is 0. The fraction of sp³-hybridized carbons (Fsp3) is 0.588. The minimum Gasteiger partial charge on any atom is -0.325 e. The van der Waals surface area contributed by atoms with Crippen LogP contribution in [0.2, 0.25) is 0 Å². The van der Waals surface area contributed by atoms with E-state index in [2.05, 4.69) is 30.5 Å².